The van der Waals surface area contributed by atoms with Gasteiger partial charge in [-0.2, -0.15) is 0 Å². The average Bonchev–Trinajstić information content (AvgIpc) is 2.44. The third-order valence-corrected chi connectivity index (χ3v) is 4.62. The Bertz CT molecular complexity index is 288. The Kier molecular flexibility index (Phi) is 12.5. The SMILES string of the molecule is C=CCC(O)(CC=C)CCCCCCCCCCCC(C)(C)C. The molecule has 0 aliphatic rings. The maximum Gasteiger partial charge on any atom is 0.0716 e. The number of unbranched alkanes of at least 4 members (excludes halogenated alkanes) is 8. The van der Waals surface area contributed by atoms with Gasteiger partial charge in [0.15, 0.2) is 0 Å². The summed E-state index contributed by atoms with van der Waals surface area (Å²) in [7, 11) is 0. The molecule has 0 aromatic rings. The van der Waals surface area contributed by atoms with Gasteiger partial charge in [0.25, 0.3) is 0 Å². The van der Waals surface area contributed by atoms with Crippen molar-refractivity contribution < 1.29 is 5.11 Å². The van der Waals surface area contributed by atoms with E-state index in [1.807, 2.05) is 12.2 Å². The van der Waals surface area contributed by atoms with Gasteiger partial charge in [-0.3, -0.25) is 0 Å². The fourth-order valence-corrected chi connectivity index (χ4v) is 3.17. The van der Waals surface area contributed by atoms with E-state index in [1.165, 1.54) is 57.8 Å². The van der Waals surface area contributed by atoms with E-state index in [2.05, 4.69) is 33.9 Å². The molecule has 1 heteroatoms. The molecule has 0 aromatic heterocycles. The predicted octanol–water partition coefficient (Wildman–Crippen LogP) is 7.21. The summed E-state index contributed by atoms with van der Waals surface area (Å²) >= 11 is 0. The molecule has 0 saturated heterocycles. The molecule has 0 fully saturated rings. The number of rotatable bonds is 15. The van der Waals surface area contributed by atoms with Gasteiger partial charge in [-0.05, 0) is 31.1 Å². The number of hydrogen-bond acceptors (Lipinski definition) is 1. The van der Waals surface area contributed by atoms with Crippen molar-refractivity contribution in [1.82, 2.24) is 0 Å². The van der Waals surface area contributed by atoms with Crippen LogP contribution in [0.1, 0.15) is 104 Å². The Morgan fingerprint density at radius 1 is 0.652 bits per heavy atom. The van der Waals surface area contributed by atoms with E-state index in [1.54, 1.807) is 0 Å². The molecule has 1 N–H and O–H groups in total. The molecule has 0 aromatic carbocycles. The first-order valence-electron chi connectivity index (χ1n) is 9.77. The zero-order chi connectivity index (χ0) is 17.6. The molecule has 0 aliphatic heterocycles. The van der Waals surface area contributed by atoms with Crippen LogP contribution in [-0.4, -0.2) is 10.7 Å². The summed E-state index contributed by atoms with van der Waals surface area (Å²) < 4.78 is 0. The fourth-order valence-electron chi connectivity index (χ4n) is 3.17. The van der Waals surface area contributed by atoms with Crippen LogP contribution in [0, 0.1) is 5.41 Å². The Labute approximate surface area is 146 Å². The monoisotopic (exact) mass is 322 g/mol. The summed E-state index contributed by atoms with van der Waals surface area (Å²) in [4.78, 5) is 0. The van der Waals surface area contributed by atoms with Crippen molar-refractivity contribution in [1.29, 1.82) is 0 Å². The fraction of sp³-hybridized carbons (Fsp3) is 0.818. The van der Waals surface area contributed by atoms with Gasteiger partial charge in [0.2, 0.25) is 0 Å². The predicted molar refractivity (Wildman–Crippen MR) is 105 cm³/mol. The molecular formula is C22H42O. The zero-order valence-corrected chi connectivity index (χ0v) is 16.2. The topological polar surface area (TPSA) is 20.2 Å². The molecule has 0 aliphatic carbocycles. The minimum Gasteiger partial charge on any atom is -0.389 e. The first-order chi connectivity index (χ1) is 10.8. The molecule has 0 bridgehead atoms. The van der Waals surface area contributed by atoms with Gasteiger partial charge in [0, 0.05) is 0 Å². The van der Waals surface area contributed by atoms with Crippen LogP contribution in [0.3, 0.4) is 0 Å². The molecule has 0 radical (unpaired) electrons. The second kappa shape index (κ2) is 12.8. The lowest BCUT2D eigenvalue weighted by Gasteiger charge is -2.25. The Balaban J connectivity index is 3.45. The van der Waals surface area contributed by atoms with Crippen molar-refractivity contribution in [3.63, 3.8) is 0 Å². The second-order valence-electron chi connectivity index (χ2n) is 8.45. The summed E-state index contributed by atoms with van der Waals surface area (Å²) in [5.41, 5.74) is -0.102. The van der Waals surface area contributed by atoms with Crippen molar-refractivity contribution >= 4 is 0 Å². The highest BCUT2D eigenvalue weighted by Gasteiger charge is 2.22. The molecule has 1 nitrogen and oxygen atoms in total. The molecule has 0 atom stereocenters. The standard InChI is InChI=1S/C22H42O/c1-6-17-22(23,18-7-2)20-16-14-12-10-8-9-11-13-15-19-21(3,4)5/h6-7,23H,1-2,8-20H2,3-5H3. The van der Waals surface area contributed by atoms with Gasteiger partial charge in [-0.1, -0.05) is 90.7 Å². The minimum atomic E-state index is -0.601. The quantitative estimate of drug-likeness (QED) is 0.249. The molecule has 136 valence electrons. The van der Waals surface area contributed by atoms with Gasteiger partial charge in [0.05, 0.1) is 5.60 Å². The molecule has 23 heavy (non-hydrogen) atoms. The molecule has 0 spiro atoms. The van der Waals surface area contributed by atoms with Crippen LogP contribution >= 0.6 is 0 Å². The van der Waals surface area contributed by atoms with E-state index in [0.717, 1.165) is 12.8 Å². The maximum atomic E-state index is 10.4. The third-order valence-electron chi connectivity index (χ3n) is 4.62. The lowest BCUT2D eigenvalue weighted by molar-refractivity contribution is 0.0347. The number of hydrogen-bond donors (Lipinski definition) is 1. The maximum absolute atomic E-state index is 10.4. The van der Waals surface area contributed by atoms with Crippen molar-refractivity contribution in [2.24, 2.45) is 5.41 Å². The minimum absolute atomic E-state index is 0.499. The molecule has 0 unspecified atom stereocenters. The summed E-state index contributed by atoms with van der Waals surface area (Å²) in [6.07, 6.45) is 19.2. The first kappa shape index (κ1) is 22.4. The van der Waals surface area contributed by atoms with Crippen LogP contribution in [0.15, 0.2) is 25.3 Å². The van der Waals surface area contributed by atoms with Gasteiger partial charge >= 0.3 is 0 Å². The number of aliphatic hydroxyl groups is 1. The van der Waals surface area contributed by atoms with E-state index < -0.39 is 5.60 Å². The zero-order valence-electron chi connectivity index (χ0n) is 16.2. The van der Waals surface area contributed by atoms with E-state index in [4.69, 9.17) is 0 Å². The molecular weight excluding hydrogens is 280 g/mol. The van der Waals surface area contributed by atoms with Crippen LogP contribution < -0.4 is 0 Å². The average molecular weight is 323 g/mol. The summed E-state index contributed by atoms with van der Waals surface area (Å²) in [5.74, 6) is 0. The summed E-state index contributed by atoms with van der Waals surface area (Å²) in [6.45, 7) is 14.5. The van der Waals surface area contributed by atoms with Gasteiger partial charge < -0.3 is 5.11 Å². The lowest BCUT2D eigenvalue weighted by atomic mass is 9.89. The summed E-state index contributed by atoms with van der Waals surface area (Å²) in [5, 5.41) is 10.4. The highest BCUT2D eigenvalue weighted by atomic mass is 16.3. The van der Waals surface area contributed by atoms with Crippen molar-refractivity contribution in [2.75, 3.05) is 0 Å². The molecule has 0 amide bonds. The van der Waals surface area contributed by atoms with Gasteiger partial charge in [0.1, 0.15) is 0 Å². The highest BCUT2D eigenvalue weighted by Crippen LogP contribution is 2.25. The molecule has 0 rings (SSSR count). The van der Waals surface area contributed by atoms with Crippen molar-refractivity contribution in [2.45, 2.75) is 110 Å². The molecule has 0 heterocycles. The van der Waals surface area contributed by atoms with E-state index >= 15 is 0 Å². The van der Waals surface area contributed by atoms with E-state index in [0.29, 0.717) is 18.3 Å². The highest BCUT2D eigenvalue weighted by molar-refractivity contribution is 4.91. The smallest absolute Gasteiger partial charge is 0.0716 e. The van der Waals surface area contributed by atoms with Crippen LogP contribution in [0.4, 0.5) is 0 Å². The van der Waals surface area contributed by atoms with Gasteiger partial charge in [-0.25, -0.2) is 0 Å². The Morgan fingerprint density at radius 3 is 1.35 bits per heavy atom. The van der Waals surface area contributed by atoms with E-state index in [9.17, 15) is 5.11 Å². The van der Waals surface area contributed by atoms with Crippen LogP contribution in [-0.2, 0) is 0 Å². The lowest BCUT2D eigenvalue weighted by Crippen LogP contribution is -2.26. The van der Waals surface area contributed by atoms with E-state index in [-0.39, 0.29) is 0 Å². The second-order valence-corrected chi connectivity index (χ2v) is 8.45. The van der Waals surface area contributed by atoms with Gasteiger partial charge in [-0.15, -0.1) is 13.2 Å². The first-order valence-corrected chi connectivity index (χ1v) is 9.77. The van der Waals surface area contributed by atoms with Crippen molar-refractivity contribution in [3.8, 4) is 0 Å². The Hall–Kier alpha value is -0.560. The third kappa shape index (κ3) is 14.7. The van der Waals surface area contributed by atoms with Crippen LogP contribution in [0.25, 0.3) is 0 Å². The largest absolute Gasteiger partial charge is 0.389 e. The summed E-state index contributed by atoms with van der Waals surface area (Å²) in [6, 6.07) is 0. The molecule has 0 saturated carbocycles. The Morgan fingerprint density at radius 2 is 1.00 bits per heavy atom. The van der Waals surface area contributed by atoms with Crippen LogP contribution in [0.5, 0.6) is 0 Å². The van der Waals surface area contributed by atoms with Crippen molar-refractivity contribution in [3.05, 3.63) is 25.3 Å². The van der Waals surface area contributed by atoms with Crippen LogP contribution in [0.2, 0.25) is 0 Å². The normalized spacial score (nSPS) is 12.3.